The molecule has 1 atom stereocenters. The van der Waals surface area contributed by atoms with Gasteiger partial charge in [-0.1, -0.05) is 56.4 Å². The van der Waals surface area contributed by atoms with Gasteiger partial charge in [0.25, 0.3) is 0 Å². The highest BCUT2D eigenvalue weighted by molar-refractivity contribution is 7.10. The zero-order chi connectivity index (χ0) is 22.1. The van der Waals surface area contributed by atoms with E-state index in [2.05, 4.69) is 25.1 Å². The van der Waals surface area contributed by atoms with E-state index in [4.69, 9.17) is 0 Å². The van der Waals surface area contributed by atoms with Crippen LogP contribution in [0.2, 0.25) is 0 Å². The van der Waals surface area contributed by atoms with Gasteiger partial charge in [-0.25, -0.2) is 0 Å². The highest BCUT2D eigenvalue weighted by atomic mass is 32.1. The maximum absolute atomic E-state index is 13.5. The Labute approximate surface area is 184 Å². The highest BCUT2D eigenvalue weighted by Gasteiger charge is 2.34. The molecule has 2 amide bonds. The molecule has 30 heavy (non-hydrogen) atoms. The molecule has 0 saturated heterocycles. The first-order chi connectivity index (χ1) is 14.4. The Balaban J connectivity index is 2.49. The zero-order valence-electron chi connectivity index (χ0n) is 18.0. The van der Waals surface area contributed by atoms with Gasteiger partial charge in [-0.05, 0) is 55.9 Å². The Bertz CT molecular complexity index is 843. The van der Waals surface area contributed by atoms with Crippen LogP contribution in [-0.2, 0) is 16.0 Å². The molecule has 160 valence electrons. The summed E-state index contributed by atoms with van der Waals surface area (Å²) in [6.45, 7) is 15.4. The minimum absolute atomic E-state index is 0.148. The van der Waals surface area contributed by atoms with Crippen molar-refractivity contribution >= 4 is 23.2 Å². The van der Waals surface area contributed by atoms with Crippen molar-refractivity contribution in [1.82, 2.24) is 10.2 Å². The number of allylic oxidation sites excluding steroid dienone is 4. The van der Waals surface area contributed by atoms with E-state index in [9.17, 15) is 9.59 Å². The molecule has 2 rings (SSSR count). The molecule has 4 nitrogen and oxygen atoms in total. The predicted molar refractivity (Wildman–Crippen MR) is 126 cm³/mol. The van der Waals surface area contributed by atoms with Crippen LogP contribution in [0.3, 0.4) is 0 Å². The summed E-state index contributed by atoms with van der Waals surface area (Å²) in [6, 6.07) is 3.17. The van der Waals surface area contributed by atoms with E-state index < -0.39 is 6.04 Å². The summed E-state index contributed by atoms with van der Waals surface area (Å²) in [5, 5.41) is 5.09. The lowest BCUT2D eigenvalue weighted by atomic mass is 10.0. The fourth-order valence-corrected chi connectivity index (χ4v) is 4.41. The van der Waals surface area contributed by atoms with Gasteiger partial charge in [0, 0.05) is 16.6 Å². The summed E-state index contributed by atoms with van der Waals surface area (Å²) in [4.78, 5) is 29.4. The van der Waals surface area contributed by atoms with Gasteiger partial charge in [-0.3, -0.25) is 14.5 Å². The molecular formula is C25H32N2O2S. The molecule has 1 aromatic heterocycles. The maximum Gasteiger partial charge on any atom is 0.248 e. The monoisotopic (exact) mass is 424 g/mol. The van der Waals surface area contributed by atoms with E-state index >= 15 is 0 Å². The Hall–Kier alpha value is -2.66. The fraction of sp³-hybridized carbons (Fsp3) is 0.360. The number of thiophene rings is 1. The number of hydrogen-bond donors (Lipinski definition) is 1. The van der Waals surface area contributed by atoms with Gasteiger partial charge < -0.3 is 5.32 Å². The molecule has 0 bridgehead atoms. The Morgan fingerprint density at radius 3 is 2.50 bits per heavy atom. The number of carbonyl (C=O) groups excluding carboxylic acids is 2. The third kappa shape index (κ3) is 6.17. The first-order valence-electron chi connectivity index (χ1n) is 10.3. The van der Waals surface area contributed by atoms with Crippen molar-refractivity contribution in [2.45, 2.75) is 58.0 Å². The lowest BCUT2D eigenvalue weighted by molar-refractivity contribution is -0.136. The molecule has 1 aliphatic carbocycles. The maximum atomic E-state index is 13.5. The molecule has 0 radical (unpaired) electrons. The van der Waals surface area contributed by atoms with Gasteiger partial charge in [0.1, 0.15) is 6.04 Å². The minimum atomic E-state index is -0.816. The molecule has 1 saturated carbocycles. The number of amides is 2. The van der Waals surface area contributed by atoms with Crippen LogP contribution >= 0.6 is 11.3 Å². The van der Waals surface area contributed by atoms with Crippen LogP contribution in [0.5, 0.6) is 0 Å². The first kappa shape index (κ1) is 23.6. The number of hydrogen-bond acceptors (Lipinski definition) is 3. The zero-order valence-corrected chi connectivity index (χ0v) is 18.8. The van der Waals surface area contributed by atoms with Gasteiger partial charge in [0.05, 0.1) is 6.42 Å². The van der Waals surface area contributed by atoms with Crippen LogP contribution in [0, 0.1) is 0 Å². The van der Waals surface area contributed by atoms with E-state index in [0.29, 0.717) is 11.3 Å². The molecule has 1 aromatic rings. The van der Waals surface area contributed by atoms with Crippen LogP contribution in [0.15, 0.2) is 78.4 Å². The second-order valence-corrected chi connectivity index (χ2v) is 8.56. The molecule has 0 aliphatic heterocycles. The number of nitrogens with zero attached hydrogens (tertiary/aromatic N) is 1. The summed E-state index contributed by atoms with van der Waals surface area (Å²) in [6.07, 6.45) is 11.2. The predicted octanol–water partition coefficient (Wildman–Crippen LogP) is 5.32. The average Bonchev–Trinajstić information content (AvgIpc) is 3.40. The van der Waals surface area contributed by atoms with Gasteiger partial charge in [0.15, 0.2) is 0 Å². The number of nitrogens with one attached hydrogen (secondary N) is 1. The Morgan fingerprint density at radius 2 is 2.00 bits per heavy atom. The van der Waals surface area contributed by atoms with Crippen molar-refractivity contribution in [3.05, 3.63) is 83.3 Å². The molecule has 0 aromatic carbocycles. The fourth-order valence-electron chi connectivity index (χ4n) is 3.72. The first-order valence-corrected chi connectivity index (χ1v) is 11.2. The normalized spacial score (nSPS) is 16.1. The Morgan fingerprint density at radius 1 is 1.30 bits per heavy atom. The van der Waals surface area contributed by atoms with Crippen molar-refractivity contribution in [2.24, 2.45) is 0 Å². The van der Waals surface area contributed by atoms with Gasteiger partial charge in [-0.2, -0.15) is 0 Å². The average molecular weight is 425 g/mol. The largest absolute Gasteiger partial charge is 0.351 e. The lowest BCUT2D eigenvalue weighted by Gasteiger charge is -2.33. The molecule has 0 spiro atoms. The van der Waals surface area contributed by atoms with Crippen molar-refractivity contribution in [1.29, 1.82) is 0 Å². The number of rotatable bonds is 10. The van der Waals surface area contributed by atoms with Gasteiger partial charge >= 0.3 is 0 Å². The molecule has 1 fully saturated rings. The molecule has 1 unspecified atom stereocenters. The SMILES string of the molecule is C=CC(=CC)C(C(=O)NC1CCCC1)N(C(=O)Cc1cccs1)C(C=C)=CC(=C)C. The Kier molecular flexibility index (Phi) is 9.06. The van der Waals surface area contributed by atoms with Gasteiger partial charge in [-0.15, -0.1) is 11.3 Å². The van der Waals surface area contributed by atoms with E-state index in [1.54, 1.807) is 23.1 Å². The van der Waals surface area contributed by atoms with Gasteiger partial charge in [0.2, 0.25) is 11.8 Å². The molecular weight excluding hydrogens is 392 g/mol. The van der Waals surface area contributed by atoms with Crippen molar-refractivity contribution in [2.75, 3.05) is 0 Å². The lowest BCUT2D eigenvalue weighted by Crippen LogP contribution is -2.52. The summed E-state index contributed by atoms with van der Waals surface area (Å²) < 4.78 is 0. The smallest absolute Gasteiger partial charge is 0.248 e. The second kappa shape index (κ2) is 11.5. The third-order valence-corrected chi connectivity index (χ3v) is 6.03. The van der Waals surface area contributed by atoms with E-state index in [1.807, 2.05) is 37.4 Å². The summed E-state index contributed by atoms with van der Waals surface area (Å²) >= 11 is 1.52. The summed E-state index contributed by atoms with van der Waals surface area (Å²) in [5.41, 5.74) is 2.01. The molecule has 1 N–H and O–H groups in total. The highest BCUT2D eigenvalue weighted by Crippen LogP contribution is 2.24. The van der Waals surface area contributed by atoms with Crippen molar-refractivity contribution in [3.8, 4) is 0 Å². The van der Waals surface area contributed by atoms with Crippen molar-refractivity contribution in [3.63, 3.8) is 0 Å². The third-order valence-electron chi connectivity index (χ3n) is 5.15. The second-order valence-electron chi connectivity index (χ2n) is 7.52. The molecule has 5 heteroatoms. The molecule has 1 aliphatic rings. The molecule has 1 heterocycles. The van der Waals surface area contributed by atoms with E-state index in [-0.39, 0.29) is 24.3 Å². The van der Waals surface area contributed by atoms with E-state index in [1.165, 1.54) is 11.3 Å². The van der Waals surface area contributed by atoms with Crippen LogP contribution in [-0.4, -0.2) is 28.8 Å². The topological polar surface area (TPSA) is 49.4 Å². The summed E-state index contributed by atoms with van der Waals surface area (Å²) in [7, 11) is 0. The van der Waals surface area contributed by atoms with E-state index in [0.717, 1.165) is 36.1 Å². The van der Waals surface area contributed by atoms with Crippen LogP contribution in [0.25, 0.3) is 0 Å². The number of carbonyl (C=O) groups is 2. The quantitative estimate of drug-likeness (QED) is 0.517. The summed E-state index contributed by atoms with van der Waals surface area (Å²) in [5.74, 6) is -0.360. The van der Waals surface area contributed by atoms with Crippen LogP contribution in [0.1, 0.15) is 44.4 Å². The standard InChI is InChI=1S/C25H32N2O2S/c1-6-19(7-2)24(25(29)26-20-12-9-10-13-20)27(21(8-3)16-18(4)5)23(28)17-22-14-11-15-30-22/h6-8,11,14-16,20,24H,1,3-4,9-10,12-13,17H2,2,5H3,(H,26,29). The minimum Gasteiger partial charge on any atom is -0.351 e. The van der Waals surface area contributed by atoms with Crippen LogP contribution < -0.4 is 5.32 Å². The van der Waals surface area contributed by atoms with Crippen molar-refractivity contribution < 1.29 is 9.59 Å². The van der Waals surface area contributed by atoms with Crippen LogP contribution in [0.4, 0.5) is 0 Å².